The van der Waals surface area contributed by atoms with E-state index < -0.39 is 10.8 Å². The highest BCUT2D eigenvalue weighted by molar-refractivity contribution is 5.94. The average molecular weight is 351 g/mol. The Hall–Kier alpha value is -2.84. The third kappa shape index (κ3) is 5.41. The number of carbonyl (C=O) groups is 1. The number of aliphatic hydroxyl groups is 1. The monoisotopic (exact) mass is 350 g/mol. The van der Waals surface area contributed by atoms with Crippen LogP contribution in [0.1, 0.15) is 15.9 Å². The number of nitrogens with one attached hydrogen (secondary N) is 1. The van der Waals surface area contributed by atoms with Gasteiger partial charge in [-0.25, -0.2) is 9.99 Å². The summed E-state index contributed by atoms with van der Waals surface area (Å²) in [7, 11) is 0. The molecule has 24 heavy (non-hydrogen) atoms. The lowest BCUT2D eigenvalue weighted by molar-refractivity contribution is -0.698. The molecule has 0 aliphatic heterocycles. The van der Waals surface area contributed by atoms with E-state index in [1.165, 1.54) is 18.3 Å². The quantitative estimate of drug-likeness (QED) is 0.263. The molecule has 1 heterocycles. The number of aromatic nitrogens is 1. The number of pyridine rings is 1. The summed E-state index contributed by atoms with van der Waals surface area (Å²) in [6, 6.07) is 9.13. The third-order valence-electron chi connectivity index (χ3n) is 2.97. The molecule has 0 saturated heterocycles. The van der Waals surface area contributed by atoms with E-state index in [9.17, 15) is 14.9 Å². The van der Waals surface area contributed by atoms with Crippen LogP contribution in [-0.2, 0) is 6.54 Å². The average Bonchev–Trinajstić information content (AvgIpc) is 2.56. The molecule has 0 radical (unpaired) electrons. The van der Waals surface area contributed by atoms with Gasteiger partial charge in [-0.3, -0.25) is 14.9 Å². The molecule has 1 amide bonds. The van der Waals surface area contributed by atoms with Crippen LogP contribution in [0.25, 0.3) is 0 Å². The molecule has 0 aliphatic carbocycles. The maximum atomic E-state index is 11.9. The molecule has 0 unspecified atom stereocenters. The summed E-state index contributed by atoms with van der Waals surface area (Å²) in [5.74, 6) is -0.400. The maximum absolute atomic E-state index is 11.9. The Labute approximate surface area is 144 Å². The SMILES string of the molecule is O=C(NN=Cc1cccc([N+](=O)[O-])c1)c1cc[n+](CCO)cc1.[Cl-]. The molecule has 0 aliphatic rings. The maximum Gasteiger partial charge on any atom is 0.271 e. The van der Waals surface area contributed by atoms with Crippen molar-refractivity contribution >= 4 is 17.8 Å². The predicted octanol–water partition coefficient (Wildman–Crippen LogP) is -2.36. The first-order chi connectivity index (χ1) is 11.1. The molecule has 126 valence electrons. The van der Waals surface area contributed by atoms with Crippen LogP contribution in [0.4, 0.5) is 5.69 Å². The van der Waals surface area contributed by atoms with E-state index in [4.69, 9.17) is 5.11 Å². The van der Waals surface area contributed by atoms with Crippen molar-refractivity contribution in [3.8, 4) is 0 Å². The summed E-state index contributed by atoms with van der Waals surface area (Å²) in [6.07, 6.45) is 4.69. The van der Waals surface area contributed by atoms with Gasteiger partial charge < -0.3 is 17.5 Å². The van der Waals surface area contributed by atoms with Crippen molar-refractivity contribution in [2.45, 2.75) is 6.54 Å². The lowest BCUT2D eigenvalue weighted by Gasteiger charge is -1.99. The van der Waals surface area contributed by atoms with Gasteiger partial charge in [0.2, 0.25) is 0 Å². The van der Waals surface area contributed by atoms with Gasteiger partial charge in [-0.15, -0.1) is 0 Å². The fourth-order valence-electron chi connectivity index (χ4n) is 1.82. The summed E-state index contributed by atoms with van der Waals surface area (Å²) in [5.41, 5.74) is 3.23. The minimum Gasteiger partial charge on any atom is -1.00 e. The van der Waals surface area contributed by atoms with Crippen molar-refractivity contribution in [3.05, 3.63) is 70.0 Å². The van der Waals surface area contributed by atoms with Crippen LogP contribution < -0.4 is 22.4 Å². The Bertz CT molecular complexity index is 735. The topological polar surface area (TPSA) is 109 Å². The Morgan fingerprint density at radius 2 is 2.04 bits per heavy atom. The standard InChI is InChI=1S/C15H14N4O4.ClH/c20-9-8-18-6-4-13(5-7-18)15(21)17-16-11-12-2-1-3-14(10-12)19(22)23;/h1-7,10-11,20H,8-9H2;1H. The van der Waals surface area contributed by atoms with E-state index >= 15 is 0 Å². The number of nitro benzene ring substituents is 1. The minimum atomic E-state index is -0.498. The van der Waals surface area contributed by atoms with E-state index in [1.54, 1.807) is 41.2 Å². The van der Waals surface area contributed by atoms with Gasteiger partial charge in [0.15, 0.2) is 18.9 Å². The van der Waals surface area contributed by atoms with Crippen LogP contribution in [0.5, 0.6) is 0 Å². The molecule has 0 fully saturated rings. The number of hydrogen-bond donors (Lipinski definition) is 2. The number of amides is 1. The van der Waals surface area contributed by atoms with Gasteiger partial charge in [-0.2, -0.15) is 5.10 Å². The van der Waals surface area contributed by atoms with Crippen molar-refractivity contribution in [3.63, 3.8) is 0 Å². The molecule has 9 heteroatoms. The van der Waals surface area contributed by atoms with Crippen LogP contribution in [-0.4, -0.2) is 28.8 Å². The fraction of sp³-hybridized carbons (Fsp3) is 0.133. The van der Waals surface area contributed by atoms with E-state index in [0.29, 0.717) is 17.7 Å². The Morgan fingerprint density at radius 3 is 2.67 bits per heavy atom. The summed E-state index contributed by atoms with van der Waals surface area (Å²) in [6.45, 7) is 0.469. The number of rotatable bonds is 6. The molecule has 0 spiro atoms. The number of hydrogen-bond acceptors (Lipinski definition) is 5. The number of benzene rings is 1. The van der Waals surface area contributed by atoms with E-state index in [1.807, 2.05) is 0 Å². The van der Waals surface area contributed by atoms with Gasteiger partial charge in [0.05, 0.1) is 16.7 Å². The van der Waals surface area contributed by atoms with Crippen LogP contribution >= 0.6 is 0 Å². The van der Waals surface area contributed by atoms with Crippen LogP contribution in [0.15, 0.2) is 53.9 Å². The van der Waals surface area contributed by atoms with Gasteiger partial charge in [-0.05, 0) is 0 Å². The third-order valence-corrected chi connectivity index (χ3v) is 2.97. The predicted molar refractivity (Wildman–Crippen MR) is 81.9 cm³/mol. The van der Waals surface area contributed by atoms with Crippen molar-refractivity contribution < 1.29 is 31.8 Å². The number of nitro groups is 1. The summed E-state index contributed by atoms with van der Waals surface area (Å²) < 4.78 is 1.74. The van der Waals surface area contributed by atoms with Crippen LogP contribution in [0, 0.1) is 10.1 Å². The normalized spacial score (nSPS) is 10.2. The van der Waals surface area contributed by atoms with Crippen LogP contribution in [0.2, 0.25) is 0 Å². The second-order valence-electron chi connectivity index (χ2n) is 4.60. The second kappa shape index (κ2) is 9.33. The number of nitrogens with zero attached hydrogens (tertiary/aromatic N) is 3. The van der Waals surface area contributed by atoms with Gasteiger partial charge in [-0.1, -0.05) is 12.1 Å². The summed E-state index contributed by atoms with van der Waals surface area (Å²) in [4.78, 5) is 22.1. The molecule has 0 saturated carbocycles. The largest absolute Gasteiger partial charge is 1.00 e. The number of carbonyl (C=O) groups excluding carboxylic acids is 1. The Balaban J connectivity index is 0.00000288. The first kappa shape index (κ1) is 19.2. The highest BCUT2D eigenvalue weighted by Crippen LogP contribution is 2.11. The van der Waals surface area contributed by atoms with Crippen molar-refractivity contribution in [2.24, 2.45) is 5.10 Å². The first-order valence-electron chi connectivity index (χ1n) is 6.78. The molecule has 2 N–H and O–H groups in total. The zero-order valence-corrected chi connectivity index (χ0v) is 13.3. The van der Waals surface area contributed by atoms with Gasteiger partial charge in [0.25, 0.3) is 11.6 Å². The zero-order chi connectivity index (χ0) is 16.7. The highest BCUT2D eigenvalue weighted by Gasteiger charge is 2.07. The first-order valence-corrected chi connectivity index (χ1v) is 6.78. The zero-order valence-electron chi connectivity index (χ0n) is 12.5. The van der Waals surface area contributed by atoms with Gasteiger partial charge >= 0.3 is 0 Å². The lowest BCUT2D eigenvalue weighted by Crippen LogP contribution is -3.00. The van der Waals surface area contributed by atoms with Gasteiger partial charge in [0, 0.05) is 29.8 Å². The fourth-order valence-corrected chi connectivity index (χ4v) is 1.82. The molecule has 0 bridgehead atoms. The highest BCUT2D eigenvalue weighted by atomic mass is 35.5. The molecule has 2 aromatic rings. The molecular weight excluding hydrogens is 336 g/mol. The number of aliphatic hydroxyl groups excluding tert-OH is 1. The molecule has 2 rings (SSSR count). The smallest absolute Gasteiger partial charge is 0.271 e. The summed E-state index contributed by atoms with van der Waals surface area (Å²) in [5, 5.41) is 23.3. The molecular formula is C15H15ClN4O4. The van der Waals surface area contributed by atoms with Crippen molar-refractivity contribution in [1.82, 2.24) is 5.43 Å². The van der Waals surface area contributed by atoms with Crippen LogP contribution in [0.3, 0.4) is 0 Å². The molecule has 0 atom stereocenters. The second-order valence-corrected chi connectivity index (χ2v) is 4.60. The number of non-ortho nitro benzene ring substituents is 1. The molecule has 1 aromatic heterocycles. The molecule has 8 nitrogen and oxygen atoms in total. The van der Waals surface area contributed by atoms with Gasteiger partial charge in [0.1, 0.15) is 6.61 Å². The summed E-state index contributed by atoms with van der Waals surface area (Å²) >= 11 is 0. The van der Waals surface area contributed by atoms with Crippen molar-refractivity contribution in [1.29, 1.82) is 0 Å². The van der Waals surface area contributed by atoms with E-state index in [0.717, 1.165) is 0 Å². The Morgan fingerprint density at radius 1 is 1.33 bits per heavy atom. The van der Waals surface area contributed by atoms with E-state index in [-0.39, 0.29) is 24.7 Å². The number of halogens is 1. The lowest BCUT2D eigenvalue weighted by atomic mass is 10.2. The molecule has 1 aromatic carbocycles. The van der Waals surface area contributed by atoms with Crippen molar-refractivity contribution in [2.75, 3.05) is 6.61 Å². The minimum absolute atomic E-state index is 0. The number of hydrazone groups is 1. The van der Waals surface area contributed by atoms with E-state index in [2.05, 4.69) is 10.5 Å². The Kier molecular flexibility index (Phi) is 7.47.